The molecule has 1 aliphatic heterocycles. The van der Waals surface area contributed by atoms with Gasteiger partial charge in [-0.15, -0.1) is 0 Å². The van der Waals surface area contributed by atoms with E-state index in [0.29, 0.717) is 22.3 Å². The van der Waals surface area contributed by atoms with Crippen LogP contribution in [0.25, 0.3) is 17.0 Å². The number of amides is 2. The van der Waals surface area contributed by atoms with Crippen molar-refractivity contribution in [1.82, 2.24) is 9.47 Å². The van der Waals surface area contributed by atoms with E-state index < -0.39 is 0 Å². The van der Waals surface area contributed by atoms with Gasteiger partial charge in [-0.05, 0) is 79.4 Å². The number of anilines is 1. The number of aliphatic imine (C=N–C) groups is 1. The molecule has 0 unspecified atom stereocenters. The highest BCUT2D eigenvalue weighted by molar-refractivity contribution is 8.18. The fourth-order valence-corrected chi connectivity index (χ4v) is 5.24. The third-order valence-electron chi connectivity index (χ3n) is 6.05. The number of methoxy groups -OCH3 is 1. The van der Waals surface area contributed by atoms with Crippen molar-refractivity contribution >= 4 is 57.1 Å². The van der Waals surface area contributed by atoms with Gasteiger partial charge < -0.3 is 14.6 Å². The number of carbonyl (C=O) groups excluding carboxylic acids is 2. The van der Waals surface area contributed by atoms with Crippen molar-refractivity contribution in [2.24, 2.45) is 4.99 Å². The number of nitrogens with one attached hydrogen (secondary N) is 1. The van der Waals surface area contributed by atoms with Crippen molar-refractivity contribution in [3.8, 4) is 5.75 Å². The van der Waals surface area contributed by atoms with E-state index in [1.807, 2.05) is 72.3 Å². The molecule has 0 atom stereocenters. The largest absolute Gasteiger partial charge is 0.497 e. The van der Waals surface area contributed by atoms with E-state index in [9.17, 15) is 14.0 Å². The van der Waals surface area contributed by atoms with Crippen molar-refractivity contribution in [2.75, 3.05) is 19.0 Å². The molecule has 0 saturated carbocycles. The van der Waals surface area contributed by atoms with Gasteiger partial charge in [0.25, 0.3) is 5.91 Å². The highest BCUT2D eigenvalue weighted by Gasteiger charge is 2.32. The number of amidine groups is 1. The summed E-state index contributed by atoms with van der Waals surface area (Å²) >= 11 is 1.32. The summed E-state index contributed by atoms with van der Waals surface area (Å²) in [6.07, 6.45) is 3.72. The van der Waals surface area contributed by atoms with Crippen LogP contribution in [-0.4, -0.2) is 40.1 Å². The second-order valence-corrected chi connectivity index (χ2v) is 9.55. The summed E-state index contributed by atoms with van der Waals surface area (Å²) in [7, 11) is 1.61. The van der Waals surface area contributed by atoms with E-state index in [1.165, 1.54) is 36.0 Å². The van der Waals surface area contributed by atoms with E-state index in [1.54, 1.807) is 12.0 Å². The zero-order valence-electron chi connectivity index (χ0n) is 20.8. The van der Waals surface area contributed by atoms with Crippen LogP contribution in [0.1, 0.15) is 12.5 Å². The third-order valence-corrected chi connectivity index (χ3v) is 7.06. The molecule has 3 aromatic carbocycles. The summed E-state index contributed by atoms with van der Waals surface area (Å²) < 4.78 is 20.2. The van der Waals surface area contributed by atoms with Crippen LogP contribution in [0.2, 0.25) is 0 Å². The summed E-state index contributed by atoms with van der Waals surface area (Å²) in [6.45, 7) is 2.47. The van der Waals surface area contributed by atoms with E-state index in [0.717, 1.165) is 27.9 Å². The lowest BCUT2D eigenvalue weighted by molar-refractivity contribution is -0.122. The van der Waals surface area contributed by atoms with Gasteiger partial charge >= 0.3 is 0 Å². The first-order chi connectivity index (χ1) is 18.4. The SMILES string of the molecule is CCN1C(=O)/C(=C\c2cn(CC(=O)Nc3ccc(F)cc3)c3ccccc23)SC1=Nc1ccc(OC)cc1. The number of aromatic nitrogens is 1. The fraction of sp³-hybridized carbons (Fsp3) is 0.138. The molecule has 0 aliphatic carbocycles. The Morgan fingerprint density at radius 2 is 1.82 bits per heavy atom. The molecular weight excluding hydrogens is 503 g/mol. The average Bonchev–Trinajstić information content (AvgIpc) is 3.42. The number of para-hydroxylation sites is 1. The maximum atomic E-state index is 13.2. The van der Waals surface area contributed by atoms with Gasteiger partial charge in [-0.3, -0.25) is 14.5 Å². The molecule has 1 aromatic heterocycles. The maximum Gasteiger partial charge on any atom is 0.266 e. The molecule has 2 heterocycles. The van der Waals surface area contributed by atoms with Crippen LogP contribution in [0.4, 0.5) is 15.8 Å². The lowest BCUT2D eigenvalue weighted by Gasteiger charge is -2.12. The number of ether oxygens (including phenoxy) is 1. The Morgan fingerprint density at radius 3 is 2.53 bits per heavy atom. The predicted molar refractivity (Wildman–Crippen MR) is 150 cm³/mol. The van der Waals surface area contributed by atoms with Crippen LogP contribution in [0.3, 0.4) is 0 Å². The van der Waals surface area contributed by atoms with E-state index in [-0.39, 0.29) is 24.2 Å². The van der Waals surface area contributed by atoms with Crippen LogP contribution in [0, 0.1) is 5.82 Å². The highest BCUT2D eigenvalue weighted by atomic mass is 32.2. The minimum atomic E-state index is -0.366. The Hall–Kier alpha value is -4.37. The first kappa shape index (κ1) is 25.3. The zero-order chi connectivity index (χ0) is 26.6. The first-order valence-electron chi connectivity index (χ1n) is 12.0. The molecule has 0 bridgehead atoms. The van der Waals surface area contributed by atoms with Gasteiger partial charge in [-0.1, -0.05) is 18.2 Å². The summed E-state index contributed by atoms with van der Waals surface area (Å²) in [6, 6.07) is 20.7. The highest BCUT2D eigenvalue weighted by Crippen LogP contribution is 2.35. The van der Waals surface area contributed by atoms with E-state index in [4.69, 9.17) is 4.74 Å². The minimum absolute atomic E-state index is 0.0629. The summed E-state index contributed by atoms with van der Waals surface area (Å²) in [5.74, 6) is 0.0135. The summed E-state index contributed by atoms with van der Waals surface area (Å²) in [5, 5.41) is 4.32. The van der Waals surface area contributed by atoms with Gasteiger partial charge in [-0.2, -0.15) is 0 Å². The third kappa shape index (κ3) is 5.33. The van der Waals surface area contributed by atoms with E-state index >= 15 is 0 Å². The van der Waals surface area contributed by atoms with Crippen LogP contribution < -0.4 is 10.1 Å². The van der Waals surface area contributed by atoms with Gasteiger partial charge in [0.1, 0.15) is 18.1 Å². The van der Waals surface area contributed by atoms with Crippen LogP contribution in [-0.2, 0) is 16.1 Å². The van der Waals surface area contributed by atoms with Crippen LogP contribution in [0.5, 0.6) is 5.75 Å². The number of hydrogen-bond donors (Lipinski definition) is 1. The van der Waals surface area contributed by atoms with Gasteiger partial charge in [0.15, 0.2) is 5.17 Å². The van der Waals surface area contributed by atoms with Crippen molar-refractivity contribution in [3.05, 3.63) is 95.3 Å². The summed E-state index contributed by atoms with van der Waals surface area (Å²) in [5.41, 5.74) is 2.94. The van der Waals surface area contributed by atoms with Crippen LogP contribution in [0.15, 0.2) is 88.9 Å². The van der Waals surface area contributed by atoms with Gasteiger partial charge in [0, 0.05) is 34.9 Å². The molecule has 38 heavy (non-hydrogen) atoms. The molecule has 1 fully saturated rings. The first-order valence-corrected chi connectivity index (χ1v) is 12.8. The quantitative estimate of drug-likeness (QED) is 0.296. The minimum Gasteiger partial charge on any atom is -0.497 e. The zero-order valence-corrected chi connectivity index (χ0v) is 21.7. The fourth-order valence-electron chi connectivity index (χ4n) is 4.19. The summed E-state index contributed by atoms with van der Waals surface area (Å²) in [4.78, 5) is 32.8. The molecule has 2 amide bonds. The van der Waals surface area contributed by atoms with Crippen LogP contribution >= 0.6 is 11.8 Å². The average molecular weight is 529 g/mol. The molecule has 4 aromatic rings. The Bertz CT molecular complexity index is 1560. The molecule has 0 spiro atoms. The predicted octanol–water partition coefficient (Wildman–Crippen LogP) is 6.05. The number of benzene rings is 3. The number of thioether (sulfide) groups is 1. The normalized spacial score (nSPS) is 15.6. The van der Waals surface area contributed by atoms with Gasteiger partial charge in [0.2, 0.25) is 5.91 Å². The molecular formula is C29H25FN4O3S. The molecule has 1 aliphatic rings. The second-order valence-electron chi connectivity index (χ2n) is 8.54. The molecule has 0 radical (unpaired) electrons. The van der Waals surface area contributed by atoms with Crippen molar-refractivity contribution in [2.45, 2.75) is 13.5 Å². The number of halogens is 1. The second kappa shape index (κ2) is 10.9. The smallest absolute Gasteiger partial charge is 0.266 e. The molecule has 192 valence electrons. The molecule has 5 rings (SSSR count). The number of likely N-dealkylation sites (N-methyl/N-ethyl adjacent to an activating group) is 1. The van der Waals surface area contributed by atoms with Crippen molar-refractivity contribution in [3.63, 3.8) is 0 Å². The van der Waals surface area contributed by atoms with Gasteiger partial charge in [0.05, 0.1) is 17.7 Å². The lowest BCUT2D eigenvalue weighted by atomic mass is 10.1. The Labute approximate surface area is 223 Å². The maximum absolute atomic E-state index is 13.2. The molecule has 9 heteroatoms. The van der Waals surface area contributed by atoms with E-state index in [2.05, 4.69) is 10.3 Å². The number of rotatable bonds is 7. The topological polar surface area (TPSA) is 75.9 Å². The Kier molecular flexibility index (Phi) is 7.28. The number of nitrogens with zero attached hydrogens (tertiary/aromatic N) is 3. The number of fused-ring (bicyclic) bond motifs is 1. The number of carbonyl (C=O) groups is 2. The Balaban J connectivity index is 1.42. The monoisotopic (exact) mass is 528 g/mol. The Morgan fingerprint density at radius 1 is 1.08 bits per heavy atom. The molecule has 1 N–H and O–H groups in total. The van der Waals surface area contributed by atoms with Crippen molar-refractivity contribution < 1.29 is 18.7 Å². The molecule has 1 saturated heterocycles. The lowest BCUT2D eigenvalue weighted by Crippen LogP contribution is -2.28. The van der Waals surface area contributed by atoms with Gasteiger partial charge in [-0.25, -0.2) is 9.38 Å². The standard InChI is InChI=1S/C29H25FN4O3S/c1-3-34-28(36)26(38-29(34)32-22-12-14-23(37-2)15-13-22)16-19-17-33(25-7-5-4-6-24(19)25)18-27(35)31-21-10-8-20(30)9-11-21/h4-17H,3,18H2,1-2H3,(H,31,35)/b26-16+,32-29?. The van der Waals surface area contributed by atoms with Crippen molar-refractivity contribution in [1.29, 1.82) is 0 Å². The molecule has 7 nitrogen and oxygen atoms in total. The number of hydrogen-bond acceptors (Lipinski definition) is 5.